The maximum Gasteiger partial charge on any atom is 0.466 e. The fraction of sp³-hybridized carbons (Fsp3) is 0.800. The van der Waals surface area contributed by atoms with E-state index in [9.17, 15) is 24.3 Å². The van der Waals surface area contributed by atoms with Gasteiger partial charge in [-0.3, -0.25) is 23.7 Å². The molecular formula is C20H37NO13P+. The van der Waals surface area contributed by atoms with Crippen molar-refractivity contribution < 1.29 is 67.0 Å². The van der Waals surface area contributed by atoms with Gasteiger partial charge in [-0.2, -0.15) is 0 Å². The zero-order valence-corrected chi connectivity index (χ0v) is 21.9. The predicted molar refractivity (Wildman–Crippen MR) is 118 cm³/mol. The second-order valence-corrected chi connectivity index (χ2v) is 8.90. The van der Waals surface area contributed by atoms with Crippen LogP contribution in [0, 0.1) is 0 Å². The molecule has 4 N–H and O–H groups in total. The fourth-order valence-corrected chi connectivity index (χ4v) is 4.47. The van der Waals surface area contributed by atoms with Crippen LogP contribution in [-0.2, 0) is 42.7 Å². The Morgan fingerprint density at radius 1 is 0.829 bits per heavy atom. The molecule has 0 unspecified atom stereocenters. The molecule has 0 bridgehead atoms. The Labute approximate surface area is 203 Å². The van der Waals surface area contributed by atoms with E-state index in [0.29, 0.717) is 19.6 Å². The minimum Gasteiger partial charge on any atom is -0.456 e. The molecule has 1 rings (SSSR count). The number of likely N-dealkylation sites (N-methyl/N-ethyl adjacent to an activating group) is 1. The van der Waals surface area contributed by atoms with Crippen molar-refractivity contribution in [1.29, 1.82) is 0 Å². The molecule has 0 aromatic rings. The predicted octanol–water partition coefficient (Wildman–Crippen LogP) is -0.594. The minimum atomic E-state index is -4.64. The SMILES string of the molecule is CC[N+](CC)(CC)[C@]1(C(C)=O)O[C@H](CO)[C@@H](OC(C)=O)[C@H](OC(C)=O)[C@H]1OC(C)=O.O=P(O)(O)O. The number of carbonyl (C=O) groups is 4. The van der Waals surface area contributed by atoms with E-state index in [-0.39, 0.29) is 4.48 Å². The Hall–Kier alpha value is -1.93. The van der Waals surface area contributed by atoms with Crippen LogP contribution in [-0.4, -0.2) is 104 Å². The third-order valence-electron chi connectivity index (χ3n) is 5.81. The maximum atomic E-state index is 13.2. The van der Waals surface area contributed by atoms with Crippen molar-refractivity contribution in [2.75, 3.05) is 26.2 Å². The molecule has 5 atom stereocenters. The molecule has 14 nitrogen and oxygen atoms in total. The summed E-state index contributed by atoms with van der Waals surface area (Å²) in [6.45, 7) is 11.0. The largest absolute Gasteiger partial charge is 0.466 e. The van der Waals surface area contributed by atoms with Crippen LogP contribution in [0.15, 0.2) is 0 Å². The molecule has 1 aliphatic rings. The highest BCUT2D eigenvalue weighted by Gasteiger charge is 2.70. The third-order valence-corrected chi connectivity index (χ3v) is 5.81. The van der Waals surface area contributed by atoms with E-state index in [1.807, 2.05) is 20.8 Å². The Kier molecular flexibility index (Phi) is 12.7. The van der Waals surface area contributed by atoms with Crippen molar-refractivity contribution in [3.8, 4) is 0 Å². The van der Waals surface area contributed by atoms with Gasteiger partial charge in [0.15, 0.2) is 12.2 Å². The lowest BCUT2D eigenvalue weighted by Gasteiger charge is -2.57. The smallest absolute Gasteiger partial charge is 0.456 e. The molecule has 0 spiro atoms. The molecule has 0 aromatic heterocycles. The van der Waals surface area contributed by atoms with Gasteiger partial charge in [-0.1, -0.05) is 0 Å². The summed E-state index contributed by atoms with van der Waals surface area (Å²) in [6.07, 6.45) is -5.22. The topological polar surface area (TPSA) is 203 Å². The Morgan fingerprint density at radius 3 is 1.49 bits per heavy atom. The average Bonchev–Trinajstić information content (AvgIpc) is 2.70. The van der Waals surface area contributed by atoms with Crippen molar-refractivity contribution in [2.24, 2.45) is 0 Å². The van der Waals surface area contributed by atoms with Gasteiger partial charge in [-0.05, 0) is 20.8 Å². The van der Waals surface area contributed by atoms with Crippen molar-refractivity contribution >= 4 is 31.5 Å². The van der Waals surface area contributed by atoms with Crippen molar-refractivity contribution in [3.63, 3.8) is 0 Å². The van der Waals surface area contributed by atoms with E-state index in [4.69, 9.17) is 38.2 Å². The molecule has 1 aliphatic heterocycles. The lowest BCUT2D eigenvalue weighted by molar-refractivity contribution is -0.991. The lowest BCUT2D eigenvalue weighted by Crippen LogP contribution is -2.81. The summed E-state index contributed by atoms with van der Waals surface area (Å²) < 4.78 is 31.4. The zero-order chi connectivity index (χ0) is 27.8. The van der Waals surface area contributed by atoms with E-state index in [1.54, 1.807) is 0 Å². The molecule has 0 aromatic carbocycles. The first-order valence-electron chi connectivity index (χ1n) is 10.9. The second-order valence-electron chi connectivity index (χ2n) is 7.88. The van der Waals surface area contributed by atoms with Gasteiger partial charge in [-0.25, -0.2) is 4.57 Å². The van der Waals surface area contributed by atoms with E-state index < -0.39 is 68.3 Å². The number of aliphatic hydroxyl groups excluding tert-OH is 1. The number of phosphoric acid groups is 1. The molecule has 15 heteroatoms. The van der Waals surface area contributed by atoms with Gasteiger partial charge in [0, 0.05) is 27.7 Å². The van der Waals surface area contributed by atoms with Gasteiger partial charge < -0.3 is 38.7 Å². The number of Topliss-reactive ketones (excluding diaryl/α,β-unsaturated/α-hetero) is 1. The number of aliphatic hydroxyl groups is 1. The third kappa shape index (κ3) is 8.31. The summed E-state index contributed by atoms with van der Waals surface area (Å²) in [5.74, 6) is -2.63. The van der Waals surface area contributed by atoms with Gasteiger partial charge in [0.2, 0.25) is 11.9 Å². The Balaban J connectivity index is 0.00000209. The molecule has 0 amide bonds. The van der Waals surface area contributed by atoms with Gasteiger partial charge >= 0.3 is 31.5 Å². The summed E-state index contributed by atoms with van der Waals surface area (Å²) >= 11 is 0. The lowest BCUT2D eigenvalue weighted by atomic mass is 9.84. The number of rotatable bonds is 9. The van der Waals surface area contributed by atoms with Crippen molar-refractivity contribution in [1.82, 2.24) is 0 Å². The Bertz CT molecular complexity index is 792. The number of carbonyl (C=O) groups excluding carboxylic acids is 4. The second kappa shape index (κ2) is 13.4. The molecular weight excluding hydrogens is 493 g/mol. The highest BCUT2D eigenvalue weighted by molar-refractivity contribution is 7.45. The number of nitrogens with zero attached hydrogens (tertiary/aromatic N) is 1. The first kappa shape index (κ1) is 33.1. The van der Waals surface area contributed by atoms with Crippen LogP contribution in [0.3, 0.4) is 0 Å². The van der Waals surface area contributed by atoms with E-state index >= 15 is 0 Å². The Morgan fingerprint density at radius 2 is 1.20 bits per heavy atom. The molecule has 0 radical (unpaired) electrons. The average molecular weight is 530 g/mol. The first-order chi connectivity index (χ1) is 16.0. The molecule has 0 saturated carbocycles. The summed E-state index contributed by atoms with van der Waals surface area (Å²) in [4.78, 5) is 70.4. The monoisotopic (exact) mass is 530 g/mol. The van der Waals surface area contributed by atoms with E-state index in [0.717, 1.165) is 20.8 Å². The van der Waals surface area contributed by atoms with Crippen molar-refractivity contribution in [3.05, 3.63) is 0 Å². The van der Waals surface area contributed by atoms with Crippen LogP contribution in [0.2, 0.25) is 0 Å². The van der Waals surface area contributed by atoms with Crippen LogP contribution in [0.4, 0.5) is 0 Å². The van der Waals surface area contributed by atoms with Crippen LogP contribution >= 0.6 is 7.82 Å². The maximum absolute atomic E-state index is 13.2. The summed E-state index contributed by atoms with van der Waals surface area (Å²) in [7, 11) is -4.64. The minimum absolute atomic E-state index is 0.0430. The fourth-order valence-electron chi connectivity index (χ4n) is 4.47. The van der Waals surface area contributed by atoms with Crippen LogP contribution < -0.4 is 0 Å². The van der Waals surface area contributed by atoms with Crippen molar-refractivity contribution in [2.45, 2.75) is 78.6 Å². The number of hydrogen-bond donors (Lipinski definition) is 4. The standard InChI is InChI=1S/C20H34NO9.H3O4P/c1-8-21(9-2,10-3)20(12(4)23)19(29-15(7)26)18(28-14(6)25)17(27-13(5)24)16(11-22)30-20;1-5(2,3)4/h16-19,22H,8-11H2,1-7H3;(H3,1,2,3,4)/q+1;/t16-,17-,18+,19-,20-;/m1./s1. The van der Waals surface area contributed by atoms with E-state index in [1.165, 1.54) is 6.92 Å². The number of quaternary nitrogens is 1. The number of ketones is 1. The summed E-state index contributed by atoms with van der Waals surface area (Å²) in [5, 5.41) is 10.0. The van der Waals surface area contributed by atoms with Crippen LogP contribution in [0.25, 0.3) is 0 Å². The molecule has 204 valence electrons. The van der Waals surface area contributed by atoms with E-state index in [2.05, 4.69) is 0 Å². The van der Waals surface area contributed by atoms with Gasteiger partial charge in [0.25, 0.3) is 0 Å². The molecule has 0 aliphatic carbocycles. The van der Waals surface area contributed by atoms with Crippen LogP contribution in [0.1, 0.15) is 48.5 Å². The highest BCUT2D eigenvalue weighted by atomic mass is 31.2. The van der Waals surface area contributed by atoms with Crippen LogP contribution in [0.5, 0.6) is 0 Å². The summed E-state index contributed by atoms with van der Waals surface area (Å²) in [5.41, 5.74) is -1.78. The highest BCUT2D eigenvalue weighted by Crippen LogP contribution is 2.42. The molecule has 35 heavy (non-hydrogen) atoms. The summed E-state index contributed by atoms with van der Waals surface area (Å²) in [6, 6.07) is 0. The number of hydrogen-bond acceptors (Lipinski definition) is 10. The zero-order valence-electron chi connectivity index (χ0n) is 21.0. The first-order valence-corrected chi connectivity index (χ1v) is 12.5. The molecule has 1 saturated heterocycles. The van der Waals surface area contributed by atoms with Gasteiger partial charge in [0.1, 0.15) is 6.10 Å². The molecule has 1 fully saturated rings. The van der Waals surface area contributed by atoms with Gasteiger partial charge in [0.05, 0.1) is 26.2 Å². The number of ether oxygens (including phenoxy) is 4. The normalized spacial score (nSPS) is 26.6. The quantitative estimate of drug-likeness (QED) is 0.127. The van der Waals surface area contributed by atoms with Gasteiger partial charge in [-0.15, -0.1) is 0 Å². The number of esters is 3. The molecule has 1 heterocycles.